The first-order chi connectivity index (χ1) is 8.67. The van der Waals surface area contributed by atoms with E-state index in [1.165, 1.54) is 31.2 Å². The van der Waals surface area contributed by atoms with Crippen molar-refractivity contribution < 1.29 is 4.74 Å². The third-order valence-corrected chi connectivity index (χ3v) is 5.15. The molecular formula is C15H18BrClO. The van der Waals surface area contributed by atoms with Gasteiger partial charge in [-0.1, -0.05) is 15.9 Å². The predicted octanol–water partition coefficient (Wildman–Crippen LogP) is 5.06. The van der Waals surface area contributed by atoms with Gasteiger partial charge >= 0.3 is 0 Å². The molecule has 18 heavy (non-hydrogen) atoms. The number of halogens is 2. The number of aryl methyl sites for hydroxylation is 1. The first-order valence-corrected chi connectivity index (χ1v) is 8.01. The van der Waals surface area contributed by atoms with Gasteiger partial charge in [-0.2, -0.15) is 0 Å². The third-order valence-electron chi connectivity index (χ3n) is 4.40. The molecule has 0 N–H and O–H groups in total. The van der Waals surface area contributed by atoms with Gasteiger partial charge in [-0.25, -0.2) is 0 Å². The molecular weight excluding hydrogens is 312 g/mol. The van der Waals surface area contributed by atoms with Gasteiger partial charge in [0.25, 0.3) is 0 Å². The van der Waals surface area contributed by atoms with Gasteiger partial charge in [-0.3, -0.25) is 0 Å². The first-order valence-electron chi connectivity index (χ1n) is 6.69. The van der Waals surface area contributed by atoms with Crippen molar-refractivity contribution in [2.75, 3.05) is 0 Å². The molecule has 1 aromatic rings. The molecule has 0 heterocycles. The van der Waals surface area contributed by atoms with Gasteiger partial charge in [0, 0.05) is 10.0 Å². The van der Waals surface area contributed by atoms with Crippen molar-refractivity contribution in [2.45, 2.75) is 44.6 Å². The molecule has 0 saturated heterocycles. The zero-order chi connectivity index (χ0) is 12.7. The van der Waals surface area contributed by atoms with Gasteiger partial charge in [0.1, 0.15) is 11.9 Å². The Balaban J connectivity index is 1.84. The van der Waals surface area contributed by atoms with Crippen molar-refractivity contribution in [3.05, 3.63) is 27.7 Å². The van der Waals surface area contributed by atoms with E-state index in [1.54, 1.807) is 0 Å². The summed E-state index contributed by atoms with van der Waals surface area (Å²) in [7, 11) is 0. The van der Waals surface area contributed by atoms with Crippen molar-refractivity contribution in [3.63, 3.8) is 0 Å². The van der Waals surface area contributed by atoms with Crippen LogP contribution in [0.3, 0.4) is 0 Å². The molecule has 3 heteroatoms. The molecule has 2 saturated carbocycles. The second-order valence-electron chi connectivity index (χ2n) is 5.68. The summed E-state index contributed by atoms with van der Waals surface area (Å²) in [5, 5.41) is 0. The molecule has 0 aromatic heterocycles. The van der Waals surface area contributed by atoms with Crippen LogP contribution in [0, 0.1) is 18.8 Å². The average molecular weight is 330 g/mol. The van der Waals surface area contributed by atoms with Crippen LogP contribution >= 0.6 is 27.5 Å². The minimum Gasteiger partial charge on any atom is -0.490 e. The molecule has 2 aliphatic rings. The Morgan fingerprint density at radius 2 is 2.17 bits per heavy atom. The SMILES string of the molecule is Cc1cc(Br)cc(CCl)c1OC1CC2CCC1C2. The highest BCUT2D eigenvalue weighted by Gasteiger charge is 2.41. The number of fused-ring (bicyclic) bond motifs is 2. The standard InChI is InChI=1S/C15H18BrClO/c1-9-4-13(16)7-12(8-17)15(9)18-14-6-10-2-3-11(14)5-10/h4,7,10-11,14H,2-3,5-6,8H2,1H3. The molecule has 1 aromatic carbocycles. The molecule has 3 unspecified atom stereocenters. The smallest absolute Gasteiger partial charge is 0.127 e. The third kappa shape index (κ3) is 2.30. The van der Waals surface area contributed by atoms with Crippen LogP contribution in [0.4, 0.5) is 0 Å². The Hall–Kier alpha value is -0.210. The number of rotatable bonds is 3. The van der Waals surface area contributed by atoms with Gasteiger partial charge in [0.05, 0.1) is 5.88 Å². The van der Waals surface area contributed by atoms with Crippen LogP contribution in [0.1, 0.15) is 36.8 Å². The molecule has 1 nitrogen and oxygen atoms in total. The second kappa shape index (κ2) is 5.05. The minimum absolute atomic E-state index is 0.422. The Bertz CT molecular complexity index is 460. The number of hydrogen-bond acceptors (Lipinski definition) is 1. The summed E-state index contributed by atoms with van der Waals surface area (Å²) in [6, 6.07) is 4.18. The van der Waals surface area contributed by atoms with Gasteiger partial charge in [0.15, 0.2) is 0 Å². The van der Waals surface area contributed by atoms with Crippen molar-refractivity contribution in [1.82, 2.24) is 0 Å². The van der Waals surface area contributed by atoms with E-state index < -0.39 is 0 Å². The lowest BCUT2D eigenvalue weighted by Gasteiger charge is -2.25. The molecule has 98 valence electrons. The molecule has 0 aliphatic heterocycles. The van der Waals surface area contributed by atoms with Crippen LogP contribution in [-0.2, 0) is 5.88 Å². The fourth-order valence-electron chi connectivity index (χ4n) is 3.55. The quantitative estimate of drug-likeness (QED) is 0.704. The number of hydrogen-bond donors (Lipinski definition) is 0. The molecule has 0 amide bonds. The summed E-state index contributed by atoms with van der Waals surface area (Å²) in [5.74, 6) is 3.22. The molecule has 2 aliphatic carbocycles. The fourth-order valence-corrected chi connectivity index (χ4v) is 4.37. The lowest BCUT2D eigenvalue weighted by molar-refractivity contribution is 0.136. The number of alkyl halides is 1. The molecule has 0 spiro atoms. The summed E-state index contributed by atoms with van der Waals surface area (Å²) < 4.78 is 7.39. The van der Waals surface area contributed by atoms with Crippen LogP contribution in [0.2, 0.25) is 0 Å². The monoisotopic (exact) mass is 328 g/mol. The highest BCUT2D eigenvalue weighted by molar-refractivity contribution is 9.10. The summed E-state index contributed by atoms with van der Waals surface area (Å²) >= 11 is 9.56. The van der Waals surface area contributed by atoms with E-state index in [0.29, 0.717) is 12.0 Å². The Morgan fingerprint density at radius 1 is 1.33 bits per heavy atom. The largest absolute Gasteiger partial charge is 0.490 e. The van der Waals surface area contributed by atoms with Crippen molar-refractivity contribution in [3.8, 4) is 5.75 Å². The fraction of sp³-hybridized carbons (Fsp3) is 0.600. The van der Waals surface area contributed by atoms with Crippen molar-refractivity contribution >= 4 is 27.5 Å². The summed E-state index contributed by atoms with van der Waals surface area (Å²) in [6.45, 7) is 2.10. The van der Waals surface area contributed by atoms with E-state index in [0.717, 1.165) is 27.6 Å². The minimum atomic E-state index is 0.422. The van der Waals surface area contributed by atoms with Gasteiger partial charge in [0.2, 0.25) is 0 Å². The second-order valence-corrected chi connectivity index (χ2v) is 6.86. The lowest BCUT2D eigenvalue weighted by atomic mass is 9.97. The normalized spacial score (nSPS) is 29.8. The van der Waals surface area contributed by atoms with E-state index in [-0.39, 0.29) is 0 Å². The highest BCUT2D eigenvalue weighted by atomic mass is 79.9. The maximum absolute atomic E-state index is 6.31. The molecule has 0 radical (unpaired) electrons. The van der Waals surface area contributed by atoms with Gasteiger partial charge in [-0.15, -0.1) is 11.6 Å². The number of benzene rings is 1. The van der Waals surface area contributed by atoms with Gasteiger partial charge < -0.3 is 4.74 Å². The van der Waals surface area contributed by atoms with E-state index in [4.69, 9.17) is 16.3 Å². The van der Waals surface area contributed by atoms with Crippen LogP contribution in [0.5, 0.6) is 5.75 Å². The summed E-state index contributed by atoms with van der Waals surface area (Å²) in [4.78, 5) is 0. The Kier molecular flexibility index (Phi) is 3.59. The molecule has 3 rings (SSSR count). The van der Waals surface area contributed by atoms with E-state index >= 15 is 0 Å². The predicted molar refractivity (Wildman–Crippen MR) is 78.3 cm³/mol. The summed E-state index contributed by atoms with van der Waals surface area (Å²) in [6.07, 6.45) is 5.79. The number of ether oxygens (including phenoxy) is 1. The average Bonchev–Trinajstić information content (AvgIpc) is 2.94. The van der Waals surface area contributed by atoms with Crippen molar-refractivity contribution in [2.24, 2.45) is 11.8 Å². The molecule has 2 fully saturated rings. The zero-order valence-electron chi connectivity index (χ0n) is 10.6. The van der Waals surface area contributed by atoms with Gasteiger partial charge in [-0.05, 0) is 62.1 Å². The highest BCUT2D eigenvalue weighted by Crippen LogP contribution is 2.46. The van der Waals surface area contributed by atoms with E-state index in [1.807, 2.05) is 0 Å². The Morgan fingerprint density at radius 3 is 2.78 bits per heavy atom. The zero-order valence-corrected chi connectivity index (χ0v) is 12.9. The van der Waals surface area contributed by atoms with Crippen LogP contribution in [-0.4, -0.2) is 6.10 Å². The van der Waals surface area contributed by atoms with Crippen molar-refractivity contribution in [1.29, 1.82) is 0 Å². The van der Waals surface area contributed by atoms with E-state index in [9.17, 15) is 0 Å². The van der Waals surface area contributed by atoms with Crippen LogP contribution in [0.15, 0.2) is 16.6 Å². The maximum Gasteiger partial charge on any atom is 0.127 e. The first kappa shape index (κ1) is 12.8. The lowest BCUT2D eigenvalue weighted by Crippen LogP contribution is -2.24. The molecule has 3 atom stereocenters. The topological polar surface area (TPSA) is 9.23 Å². The van der Waals surface area contributed by atoms with E-state index in [2.05, 4.69) is 35.0 Å². The van der Waals surface area contributed by atoms with Crippen LogP contribution < -0.4 is 4.74 Å². The molecule has 2 bridgehead atoms. The van der Waals surface area contributed by atoms with Crippen LogP contribution in [0.25, 0.3) is 0 Å². The summed E-state index contributed by atoms with van der Waals surface area (Å²) in [5.41, 5.74) is 2.29. The maximum atomic E-state index is 6.31. The Labute approximate surface area is 122 Å².